The van der Waals surface area contributed by atoms with Crippen molar-refractivity contribution in [2.75, 3.05) is 19.6 Å². The largest absolute Gasteiger partial charge is 0.454 e. The maximum Gasteiger partial charge on any atom is 0.238 e. The lowest BCUT2D eigenvalue weighted by molar-refractivity contribution is 0.174. The van der Waals surface area contributed by atoms with Crippen molar-refractivity contribution < 1.29 is 17.9 Å². The zero-order valence-electron chi connectivity index (χ0n) is 14.4. The molecule has 1 aromatic heterocycles. The van der Waals surface area contributed by atoms with E-state index in [9.17, 15) is 8.42 Å². The Bertz CT molecular complexity index is 951. The summed E-state index contributed by atoms with van der Waals surface area (Å²) in [6, 6.07) is 10.1. The van der Waals surface area contributed by atoms with Crippen molar-refractivity contribution in [3.63, 3.8) is 0 Å². The van der Waals surface area contributed by atoms with E-state index in [0.29, 0.717) is 23.5 Å². The zero-order chi connectivity index (χ0) is 18.0. The van der Waals surface area contributed by atoms with E-state index in [4.69, 9.17) is 9.47 Å². The predicted octanol–water partition coefficient (Wildman–Crippen LogP) is 2.17. The number of H-pyrrole nitrogens is 1. The van der Waals surface area contributed by atoms with Crippen LogP contribution in [0.15, 0.2) is 24.3 Å². The average molecular weight is 360 g/mol. The normalized spacial score (nSPS) is 12.6. The first-order valence-corrected chi connectivity index (χ1v) is 9.72. The van der Waals surface area contributed by atoms with Crippen LogP contribution in [-0.4, -0.2) is 37.3 Å². The molecule has 0 atom stereocenters. The van der Waals surface area contributed by atoms with Crippen molar-refractivity contribution in [1.82, 2.24) is 9.29 Å². The maximum absolute atomic E-state index is 12.0. The molecule has 0 radical (unpaired) electrons. The average Bonchev–Trinajstić information content (AvgIpc) is 3.11. The van der Waals surface area contributed by atoms with Crippen LogP contribution in [0.2, 0.25) is 0 Å². The summed E-state index contributed by atoms with van der Waals surface area (Å²) in [6.45, 7) is 4.46. The number of nitrogens with zero attached hydrogens (tertiary/aromatic N) is 1. The van der Waals surface area contributed by atoms with Gasteiger partial charge in [0.25, 0.3) is 0 Å². The van der Waals surface area contributed by atoms with Gasteiger partial charge in [-0.1, -0.05) is 0 Å². The van der Waals surface area contributed by atoms with Gasteiger partial charge in [-0.05, 0) is 49.6 Å². The molecule has 2 aromatic rings. The first-order valence-electron chi connectivity index (χ1n) is 7.87. The summed E-state index contributed by atoms with van der Waals surface area (Å²) in [6.07, 6.45) is 1.73. The molecule has 0 aliphatic carbocycles. The van der Waals surface area contributed by atoms with Gasteiger partial charge in [0.1, 0.15) is 0 Å². The number of benzene rings is 1. The molecule has 0 saturated heterocycles. The summed E-state index contributed by atoms with van der Waals surface area (Å²) in [5.41, 5.74) is 3.88. The van der Waals surface area contributed by atoms with Gasteiger partial charge in [-0.3, -0.25) is 0 Å². The lowest BCUT2D eigenvalue weighted by Crippen LogP contribution is -2.27. The predicted molar refractivity (Wildman–Crippen MR) is 95.0 cm³/mol. The number of aromatic amines is 1. The molecule has 0 bridgehead atoms. The highest BCUT2D eigenvalue weighted by molar-refractivity contribution is 7.88. The molecule has 6 nitrogen and oxygen atoms in total. The van der Waals surface area contributed by atoms with E-state index in [1.54, 1.807) is 18.2 Å². The SMILES string of the molecule is Cc1cc(C)c(CCN(C#Cc2ccc3c(c2)OCO3)S(C)(=O)=O)[nH]1. The quantitative estimate of drug-likeness (QED) is 0.670. The molecular formula is C18H20N2O4S. The second-order valence-electron chi connectivity index (χ2n) is 6.00. The highest BCUT2D eigenvalue weighted by atomic mass is 32.2. The summed E-state index contributed by atoms with van der Waals surface area (Å²) in [5, 5.41) is 0. The number of aromatic nitrogens is 1. The molecule has 0 fully saturated rings. The van der Waals surface area contributed by atoms with Gasteiger partial charge in [0.15, 0.2) is 11.5 Å². The van der Waals surface area contributed by atoms with Crippen LogP contribution >= 0.6 is 0 Å². The molecule has 1 aliphatic heterocycles. The number of ether oxygens (including phenoxy) is 2. The second kappa shape index (κ2) is 6.73. The van der Waals surface area contributed by atoms with Crippen LogP contribution in [-0.2, 0) is 16.4 Å². The van der Waals surface area contributed by atoms with Crippen LogP contribution in [0.4, 0.5) is 0 Å². The van der Waals surface area contributed by atoms with Gasteiger partial charge in [-0.25, -0.2) is 12.7 Å². The van der Waals surface area contributed by atoms with Gasteiger partial charge in [-0.2, -0.15) is 0 Å². The van der Waals surface area contributed by atoms with E-state index in [-0.39, 0.29) is 13.3 Å². The van der Waals surface area contributed by atoms with Gasteiger partial charge in [-0.15, -0.1) is 0 Å². The Kier molecular flexibility index (Phi) is 4.64. The summed E-state index contributed by atoms with van der Waals surface area (Å²) >= 11 is 0. The molecular weight excluding hydrogens is 340 g/mol. The van der Waals surface area contributed by atoms with E-state index in [1.165, 1.54) is 4.31 Å². The van der Waals surface area contributed by atoms with E-state index < -0.39 is 10.0 Å². The Hall–Kier alpha value is -2.59. The molecule has 1 N–H and O–H groups in total. The molecule has 0 saturated carbocycles. The van der Waals surface area contributed by atoms with E-state index in [2.05, 4.69) is 16.9 Å². The van der Waals surface area contributed by atoms with E-state index >= 15 is 0 Å². The van der Waals surface area contributed by atoms with Crippen molar-refractivity contribution >= 4 is 10.0 Å². The minimum absolute atomic E-state index is 0.191. The van der Waals surface area contributed by atoms with Crippen LogP contribution in [0.3, 0.4) is 0 Å². The topological polar surface area (TPSA) is 71.6 Å². The molecule has 0 unspecified atom stereocenters. The second-order valence-corrected chi connectivity index (χ2v) is 7.91. The fraction of sp³-hybridized carbons (Fsp3) is 0.333. The number of nitrogens with one attached hydrogen (secondary N) is 1. The Labute approximate surface area is 147 Å². The minimum atomic E-state index is -3.43. The standard InChI is InChI=1S/C18H20N2O4S/c1-13-10-14(2)19-16(13)7-9-20(25(3,21)22)8-6-15-4-5-17-18(11-15)24-12-23-17/h4-5,10-11,19H,7,9,12H2,1-3H3. The smallest absolute Gasteiger partial charge is 0.238 e. The van der Waals surface area contributed by atoms with Crippen LogP contribution in [0.1, 0.15) is 22.5 Å². The maximum atomic E-state index is 12.0. The van der Waals surface area contributed by atoms with Crippen LogP contribution in [0.5, 0.6) is 11.5 Å². The molecule has 132 valence electrons. The lowest BCUT2D eigenvalue weighted by atomic mass is 10.2. The van der Waals surface area contributed by atoms with Gasteiger partial charge < -0.3 is 14.5 Å². The Morgan fingerprint density at radius 3 is 2.64 bits per heavy atom. The number of rotatable bonds is 4. The van der Waals surface area contributed by atoms with E-state index in [0.717, 1.165) is 23.2 Å². The molecule has 7 heteroatoms. The third-order valence-electron chi connectivity index (χ3n) is 3.92. The summed E-state index contributed by atoms with van der Waals surface area (Å²) in [5.74, 6) is 4.18. The van der Waals surface area contributed by atoms with Gasteiger partial charge in [0.2, 0.25) is 16.8 Å². The molecule has 3 rings (SSSR count). The zero-order valence-corrected chi connectivity index (χ0v) is 15.2. The first kappa shape index (κ1) is 17.2. The minimum Gasteiger partial charge on any atom is -0.454 e. The van der Waals surface area contributed by atoms with Gasteiger partial charge >= 0.3 is 0 Å². The number of sulfonamides is 1. The van der Waals surface area contributed by atoms with Crippen molar-refractivity contribution in [3.8, 4) is 23.5 Å². The molecule has 2 heterocycles. The van der Waals surface area contributed by atoms with Crippen LogP contribution < -0.4 is 9.47 Å². The number of fused-ring (bicyclic) bond motifs is 1. The summed E-state index contributed by atoms with van der Waals surface area (Å²) in [7, 11) is -3.43. The van der Waals surface area contributed by atoms with Crippen LogP contribution in [0.25, 0.3) is 0 Å². The third-order valence-corrected chi connectivity index (χ3v) is 4.99. The van der Waals surface area contributed by atoms with Crippen molar-refractivity contribution in [1.29, 1.82) is 0 Å². The van der Waals surface area contributed by atoms with Crippen molar-refractivity contribution in [2.24, 2.45) is 0 Å². The molecule has 1 aromatic carbocycles. The first-order chi connectivity index (χ1) is 11.8. The third kappa shape index (κ3) is 4.09. The summed E-state index contributed by atoms with van der Waals surface area (Å²) < 4.78 is 35.8. The Morgan fingerprint density at radius 1 is 1.20 bits per heavy atom. The van der Waals surface area contributed by atoms with E-state index in [1.807, 2.05) is 19.9 Å². The molecule has 1 aliphatic rings. The van der Waals surface area contributed by atoms with Gasteiger partial charge in [0.05, 0.1) is 6.26 Å². The number of hydrogen-bond acceptors (Lipinski definition) is 4. The monoisotopic (exact) mass is 360 g/mol. The molecule has 0 spiro atoms. The number of aryl methyl sites for hydroxylation is 2. The molecule has 0 amide bonds. The highest BCUT2D eigenvalue weighted by Crippen LogP contribution is 2.32. The lowest BCUT2D eigenvalue weighted by Gasteiger charge is -2.14. The molecule has 25 heavy (non-hydrogen) atoms. The summed E-state index contributed by atoms with van der Waals surface area (Å²) in [4.78, 5) is 3.25. The Balaban J connectivity index is 1.77. The Morgan fingerprint density at radius 2 is 1.96 bits per heavy atom. The van der Waals surface area contributed by atoms with Crippen LogP contribution in [0, 0.1) is 25.8 Å². The van der Waals surface area contributed by atoms with Crippen molar-refractivity contribution in [2.45, 2.75) is 20.3 Å². The van der Waals surface area contributed by atoms with Crippen molar-refractivity contribution in [3.05, 3.63) is 46.8 Å². The fourth-order valence-electron chi connectivity index (χ4n) is 2.66. The van der Waals surface area contributed by atoms with Gasteiger partial charge in [0, 0.05) is 36.0 Å². The fourth-order valence-corrected chi connectivity index (χ4v) is 3.30. The number of hydrogen-bond donors (Lipinski definition) is 1. The highest BCUT2D eigenvalue weighted by Gasteiger charge is 2.15.